The van der Waals surface area contributed by atoms with Crippen molar-refractivity contribution in [2.45, 2.75) is 33.1 Å². The van der Waals surface area contributed by atoms with Gasteiger partial charge in [0.25, 0.3) is 0 Å². The molecule has 164 valence electrons. The number of hydrogen-bond acceptors (Lipinski definition) is 5. The van der Waals surface area contributed by atoms with E-state index >= 15 is 0 Å². The maximum absolute atomic E-state index is 11.7. The number of likely N-dealkylation sites (tertiary alicyclic amines) is 1. The van der Waals surface area contributed by atoms with E-state index in [1.54, 1.807) is 7.05 Å². The van der Waals surface area contributed by atoms with Gasteiger partial charge >= 0.3 is 5.97 Å². The van der Waals surface area contributed by atoms with Gasteiger partial charge in [0.2, 0.25) is 0 Å². The zero-order chi connectivity index (χ0) is 20.4. The molecule has 1 heterocycles. The van der Waals surface area contributed by atoms with Crippen molar-refractivity contribution in [3.8, 4) is 11.5 Å². The summed E-state index contributed by atoms with van der Waals surface area (Å²) in [5, 5.41) is 3.42. The standard InChI is InChI=1S/C21H33N3O4.HI/c1-5-27-18-8-7-16(15-19(18)28-6-2)9-12-23-21(22-3)24-13-10-17(11-14-24)20(25)26-4;/h7-8,15,17H,5-6,9-14H2,1-4H3,(H,22,23);1H. The number of carbonyl (C=O) groups is 1. The van der Waals surface area contributed by atoms with Gasteiger partial charge in [-0.15, -0.1) is 24.0 Å². The maximum Gasteiger partial charge on any atom is 0.308 e. The number of carbonyl (C=O) groups excluding carboxylic acids is 1. The number of esters is 1. The van der Waals surface area contributed by atoms with Crippen molar-refractivity contribution in [3.05, 3.63) is 23.8 Å². The second kappa shape index (κ2) is 13.5. The number of piperidine rings is 1. The minimum absolute atomic E-state index is 0. The van der Waals surface area contributed by atoms with E-state index in [1.165, 1.54) is 12.7 Å². The van der Waals surface area contributed by atoms with Crippen LogP contribution in [0.4, 0.5) is 0 Å². The Bertz CT molecular complexity index is 661. The summed E-state index contributed by atoms with van der Waals surface area (Å²) in [4.78, 5) is 18.3. The molecule has 0 saturated carbocycles. The van der Waals surface area contributed by atoms with Crippen LogP contribution in [0.3, 0.4) is 0 Å². The van der Waals surface area contributed by atoms with Crippen LogP contribution in [0.2, 0.25) is 0 Å². The second-order valence-electron chi connectivity index (χ2n) is 6.66. The van der Waals surface area contributed by atoms with E-state index in [0.717, 1.165) is 56.4 Å². The number of guanidine groups is 1. The third-order valence-electron chi connectivity index (χ3n) is 4.85. The van der Waals surface area contributed by atoms with Gasteiger partial charge in [-0.05, 0) is 50.8 Å². The fourth-order valence-electron chi connectivity index (χ4n) is 3.40. The van der Waals surface area contributed by atoms with Gasteiger partial charge in [0.05, 0.1) is 26.2 Å². The van der Waals surface area contributed by atoms with Crippen LogP contribution in [0, 0.1) is 5.92 Å². The molecule has 1 saturated heterocycles. The van der Waals surface area contributed by atoms with E-state index in [2.05, 4.69) is 21.3 Å². The molecule has 0 amide bonds. The average molecular weight is 519 g/mol. The first-order chi connectivity index (χ1) is 13.6. The first-order valence-corrected chi connectivity index (χ1v) is 10.0. The highest BCUT2D eigenvalue weighted by Crippen LogP contribution is 2.28. The molecule has 29 heavy (non-hydrogen) atoms. The Balaban J connectivity index is 0.00000420. The van der Waals surface area contributed by atoms with E-state index in [1.807, 2.05) is 26.0 Å². The SMILES string of the molecule is CCOc1ccc(CCNC(=NC)N2CCC(C(=O)OC)CC2)cc1OCC.I. The average Bonchev–Trinajstić information content (AvgIpc) is 2.73. The molecule has 7 nitrogen and oxygen atoms in total. The van der Waals surface area contributed by atoms with Crippen molar-refractivity contribution in [1.82, 2.24) is 10.2 Å². The van der Waals surface area contributed by atoms with Gasteiger partial charge in [0.1, 0.15) is 0 Å². The summed E-state index contributed by atoms with van der Waals surface area (Å²) in [6, 6.07) is 6.08. The van der Waals surface area contributed by atoms with Gasteiger partial charge in [0, 0.05) is 26.7 Å². The Hall–Kier alpha value is -1.71. The number of hydrogen-bond donors (Lipinski definition) is 1. The molecule has 0 spiro atoms. The lowest BCUT2D eigenvalue weighted by molar-refractivity contribution is -0.146. The number of ether oxygens (including phenoxy) is 3. The molecule has 1 aliphatic rings. The van der Waals surface area contributed by atoms with E-state index in [9.17, 15) is 4.79 Å². The van der Waals surface area contributed by atoms with Crippen LogP contribution in [0.15, 0.2) is 23.2 Å². The Morgan fingerprint density at radius 1 is 1.17 bits per heavy atom. The number of nitrogens with one attached hydrogen (secondary N) is 1. The summed E-state index contributed by atoms with van der Waals surface area (Å²) >= 11 is 0. The molecule has 0 unspecified atom stereocenters. The third kappa shape index (κ3) is 7.56. The fourth-order valence-corrected chi connectivity index (χ4v) is 3.40. The van der Waals surface area contributed by atoms with Gasteiger partial charge in [-0.1, -0.05) is 6.07 Å². The predicted octanol–water partition coefficient (Wildman–Crippen LogP) is 3.10. The van der Waals surface area contributed by atoms with Crippen LogP contribution in [0.1, 0.15) is 32.3 Å². The van der Waals surface area contributed by atoms with Crippen molar-refractivity contribution < 1.29 is 19.0 Å². The molecular formula is C21H34IN3O4. The highest BCUT2D eigenvalue weighted by atomic mass is 127. The molecule has 2 rings (SSSR count). The minimum Gasteiger partial charge on any atom is -0.490 e. The Kier molecular flexibility index (Phi) is 11.8. The lowest BCUT2D eigenvalue weighted by Gasteiger charge is -2.33. The number of benzene rings is 1. The number of halogens is 1. The monoisotopic (exact) mass is 519 g/mol. The highest BCUT2D eigenvalue weighted by molar-refractivity contribution is 14.0. The molecule has 0 bridgehead atoms. The van der Waals surface area contributed by atoms with E-state index in [4.69, 9.17) is 14.2 Å². The summed E-state index contributed by atoms with van der Waals surface area (Å²) < 4.78 is 16.2. The zero-order valence-electron chi connectivity index (χ0n) is 17.9. The van der Waals surface area contributed by atoms with Gasteiger partial charge < -0.3 is 24.4 Å². The van der Waals surface area contributed by atoms with E-state index in [0.29, 0.717) is 13.2 Å². The molecule has 1 N–H and O–H groups in total. The molecular weight excluding hydrogens is 485 g/mol. The largest absolute Gasteiger partial charge is 0.490 e. The predicted molar refractivity (Wildman–Crippen MR) is 126 cm³/mol. The summed E-state index contributed by atoms with van der Waals surface area (Å²) in [5.41, 5.74) is 1.18. The van der Waals surface area contributed by atoms with Crippen LogP contribution in [0.25, 0.3) is 0 Å². The van der Waals surface area contributed by atoms with Crippen LogP contribution in [0.5, 0.6) is 11.5 Å². The lowest BCUT2D eigenvalue weighted by atomic mass is 9.97. The zero-order valence-corrected chi connectivity index (χ0v) is 20.2. The molecule has 1 aromatic carbocycles. The summed E-state index contributed by atoms with van der Waals surface area (Å²) in [5.74, 6) is 2.34. The maximum atomic E-state index is 11.7. The lowest BCUT2D eigenvalue weighted by Crippen LogP contribution is -2.47. The molecule has 1 aromatic rings. The first kappa shape index (κ1) is 25.3. The van der Waals surface area contributed by atoms with Crippen LogP contribution in [-0.2, 0) is 16.0 Å². The summed E-state index contributed by atoms with van der Waals surface area (Å²) in [6.45, 7) is 7.53. The number of aliphatic imine (C=N–C) groups is 1. The van der Waals surface area contributed by atoms with Crippen molar-refractivity contribution in [2.75, 3.05) is 47.0 Å². The Morgan fingerprint density at radius 3 is 2.41 bits per heavy atom. The topological polar surface area (TPSA) is 72.4 Å². The van der Waals surface area contributed by atoms with Crippen LogP contribution >= 0.6 is 24.0 Å². The summed E-state index contributed by atoms with van der Waals surface area (Å²) in [6.07, 6.45) is 2.44. The number of nitrogens with zero attached hydrogens (tertiary/aromatic N) is 2. The Morgan fingerprint density at radius 2 is 1.83 bits per heavy atom. The van der Waals surface area contributed by atoms with Crippen molar-refractivity contribution >= 4 is 35.9 Å². The fraction of sp³-hybridized carbons (Fsp3) is 0.619. The smallest absolute Gasteiger partial charge is 0.308 e. The van der Waals surface area contributed by atoms with Gasteiger partial charge in [-0.25, -0.2) is 0 Å². The minimum atomic E-state index is -0.108. The molecule has 0 radical (unpaired) electrons. The first-order valence-electron chi connectivity index (χ1n) is 10.0. The summed E-state index contributed by atoms with van der Waals surface area (Å²) in [7, 11) is 3.24. The normalized spacial score (nSPS) is 14.8. The number of methoxy groups -OCH3 is 1. The van der Waals surface area contributed by atoms with Crippen molar-refractivity contribution in [3.63, 3.8) is 0 Å². The molecule has 1 aliphatic heterocycles. The van der Waals surface area contributed by atoms with Gasteiger partial charge in [-0.2, -0.15) is 0 Å². The van der Waals surface area contributed by atoms with Crippen LogP contribution in [-0.4, -0.2) is 63.8 Å². The van der Waals surface area contributed by atoms with Crippen molar-refractivity contribution in [1.29, 1.82) is 0 Å². The highest BCUT2D eigenvalue weighted by Gasteiger charge is 2.26. The van der Waals surface area contributed by atoms with E-state index < -0.39 is 0 Å². The van der Waals surface area contributed by atoms with Gasteiger partial charge in [-0.3, -0.25) is 9.79 Å². The quantitative estimate of drug-likeness (QED) is 0.246. The molecule has 1 fully saturated rings. The van der Waals surface area contributed by atoms with E-state index in [-0.39, 0.29) is 35.9 Å². The molecule has 0 atom stereocenters. The third-order valence-corrected chi connectivity index (χ3v) is 4.85. The molecule has 0 aromatic heterocycles. The number of rotatable bonds is 8. The van der Waals surface area contributed by atoms with Gasteiger partial charge in [0.15, 0.2) is 17.5 Å². The molecule has 8 heteroatoms. The second-order valence-corrected chi connectivity index (χ2v) is 6.66. The van der Waals surface area contributed by atoms with Crippen molar-refractivity contribution in [2.24, 2.45) is 10.9 Å². The van der Waals surface area contributed by atoms with Crippen LogP contribution < -0.4 is 14.8 Å². The Labute approximate surface area is 191 Å². The molecule has 0 aliphatic carbocycles.